The fourth-order valence-electron chi connectivity index (χ4n) is 1.95. The first-order valence-corrected chi connectivity index (χ1v) is 6.08. The Bertz CT molecular complexity index is 674. The van der Waals surface area contributed by atoms with Crippen molar-refractivity contribution in [2.45, 2.75) is 13.5 Å². The summed E-state index contributed by atoms with van der Waals surface area (Å²) in [4.78, 5) is 4.19. The summed E-state index contributed by atoms with van der Waals surface area (Å²) in [5, 5.41) is 29.3. The summed E-state index contributed by atoms with van der Waals surface area (Å²) in [5.41, 5.74) is 2.33. The minimum absolute atomic E-state index is 0.206. The number of nitriles is 1. The molecule has 2 rings (SSSR count). The third kappa shape index (κ3) is 2.82. The maximum absolute atomic E-state index is 9.42. The summed E-state index contributed by atoms with van der Waals surface area (Å²) in [5.74, 6) is 0.409. The highest BCUT2D eigenvalue weighted by Crippen LogP contribution is 2.23. The van der Waals surface area contributed by atoms with Crippen LogP contribution in [0.2, 0.25) is 0 Å². The van der Waals surface area contributed by atoms with Gasteiger partial charge in [0.1, 0.15) is 17.6 Å². The Morgan fingerprint density at radius 1 is 1.40 bits per heavy atom. The average Bonchev–Trinajstić information content (AvgIpc) is 2.47. The predicted octanol–water partition coefficient (Wildman–Crippen LogP) is 2.58. The molecule has 0 aliphatic carbocycles. The Labute approximate surface area is 117 Å². The number of pyridine rings is 1. The molecule has 1 aromatic heterocycles. The molecule has 0 spiro atoms. The number of nitrogens with zero attached hydrogens (tertiary/aromatic N) is 2. The number of anilines is 2. The summed E-state index contributed by atoms with van der Waals surface area (Å²) < 4.78 is 0. The van der Waals surface area contributed by atoms with Crippen molar-refractivity contribution in [3.8, 4) is 6.07 Å². The van der Waals surface area contributed by atoms with Crippen LogP contribution in [0.25, 0.3) is 0 Å². The van der Waals surface area contributed by atoms with Crippen molar-refractivity contribution in [1.82, 2.24) is 4.98 Å². The molecule has 5 heteroatoms. The van der Waals surface area contributed by atoms with Gasteiger partial charge in [-0.25, -0.2) is 4.98 Å². The van der Waals surface area contributed by atoms with E-state index in [2.05, 4.69) is 10.3 Å². The lowest BCUT2D eigenvalue weighted by Gasteiger charge is -2.14. The van der Waals surface area contributed by atoms with Crippen LogP contribution in [0.5, 0.6) is 0 Å². The largest absolute Gasteiger partial charge is 0.392 e. The molecule has 2 aromatic rings. The molecule has 0 atom stereocenters. The first-order chi connectivity index (χ1) is 9.65. The fraction of sp³-hybridized carbons (Fsp3) is 0.133. The van der Waals surface area contributed by atoms with Crippen molar-refractivity contribution in [1.29, 1.82) is 10.7 Å². The summed E-state index contributed by atoms with van der Waals surface area (Å²) in [6.45, 7) is 1.38. The molecule has 0 amide bonds. The second-order valence-electron chi connectivity index (χ2n) is 4.28. The molecule has 0 radical (unpaired) electrons. The number of nitrogens with one attached hydrogen (secondary N) is 2. The lowest BCUT2D eigenvalue weighted by molar-refractivity contribution is 0.281. The van der Waals surface area contributed by atoms with Crippen molar-refractivity contribution in [3.63, 3.8) is 0 Å². The van der Waals surface area contributed by atoms with Gasteiger partial charge < -0.3 is 15.8 Å². The van der Waals surface area contributed by atoms with E-state index in [1.165, 1.54) is 6.07 Å². The number of aliphatic hydroxyl groups is 1. The lowest BCUT2D eigenvalue weighted by atomic mass is 10.0. The molecule has 0 saturated heterocycles. The Hall–Kier alpha value is -2.71. The summed E-state index contributed by atoms with van der Waals surface area (Å²) in [6.07, 6.45) is 0. The zero-order valence-electron chi connectivity index (χ0n) is 11.0. The van der Waals surface area contributed by atoms with Crippen LogP contribution in [-0.4, -0.2) is 15.8 Å². The smallest absolute Gasteiger partial charge is 0.143 e. The van der Waals surface area contributed by atoms with Gasteiger partial charge in [-0.05, 0) is 30.7 Å². The number of para-hydroxylation sites is 1. The first kappa shape index (κ1) is 13.7. The van der Waals surface area contributed by atoms with E-state index in [1.807, 2.05) is 36.4 Å². The van der Waals surface area contributed by atoms with Crippen LogP contribution in [0.1, 0.15) is 23.7 Å². The van der Waals surface area contributed by atoms with Crippen LogP contribution in [-0.2, 0) is 6.61 Å². The van der Waals surface area contributed by atoms with Crippen molar-refractivity contribution in [3.05, 3.63) is 53.2 Å². The fourth-order valence-corrected chi connectivity index (χ4v) is 1.95. The summed E-state index contributed by atoms with van der Waals surface area (Å²) >= 11 is 0. The second kappa shape index (κ2) is 5.95. The summed E-state index contributed by atoms with van der Waals surface area (Å²) in [7, 11) is 0. The normalized spacial score (nSPS) is 9.85. The highest BCUT2D eigenvalue weighted by molar-refractivity contribution is 6.02. The van der Waals surface area contributed by atoms with Gasteiger partial charge in [0.15, 0.2) is 0 Å². The maximum Gasteiger partial charge on any atom is 0.143 e. The van der Waals surface area contributed by atoms with Crippen LogP contribution in [0, 0.1) is 16.7 Å². The van der Waals surface area contributed by atoms with Crippen LogP contribution < -0.4 is 5.32 Å². The van der Waals surface area contributed by atoms with E-state index in [0.29, 0.717) is 16.9 Å². The van der Waals surface area contributed by atoms with E-state index in [0.717, 1.165) is 5.69 Å². The Balaban J connectivity index is 2.55. The van der Waals surface area contributed by atoms with Gasteiger partial charge in [-0.3, -0.25) is 0 Å². The number of rotatable bonds is 4. The zero-order chi connectivity index (χ0) is 14.5. The topological polar surface area (TPSA) is 92.8 Å². The Morgan fingerprint density at radius 2 is 2.10 bits per heavy atom. The SMILES string of the molecule is CC(=N)c1c(CO)cc(C#N)nc1Nc1ccccc1. The molecule has 0 fully saturated rings. The highest BCUT2D eigenvalue weighted by atomic mass is 16.3. The van der Waals surface area contributed by atoms with Gasteiger partial charge in [0.2, 0.25) is 0 Å². The third-order valence-corrected chi connectivity index (χ3v) is 2.80. The molecule has 20 heavy (non-hydrogen) atoms. The number of benzene rings is 1. The van der Waals surface area contributed by atoms with Gasteiger partial charge >= 0.3 is 0 Å². The molecule has 1 heterocycles. The van der Waals surface area contributed by atoms with Crippen LogP contribution in [0.3, 0.4) is 0 Å². The van der Waals surface area contributed by atoms with Gasteiger partial charge in [-0.1, -0.05) is 18.2 Å². The third-order valence-electron chi connectivity index (χ3n) is 2.80. The quantitative estimate of drug-likeness (QED) is 0.741. The van der Waals surface area contributed by atoms with Crippen molar-refractivity contribution >= 4 is 17.2 Å². The molecule has 1 aromatic carbocycles. The van der Waals surface area contributed by atoms with Crippen LogP contribution in [0.15, 0.2) is 36.4 Å². The monoisotopic (exact) mass is 266 g/mol. The van der Waals surface area contributed by atoms with Crippen LogP contribution >= 0.6 is 0 Å². The molecule has 100 valence electrons. The summed E-state index contributed by atoms with van der Waals surface area (Å²) in [6, 6.07) is 12.8. The lowest BCUT2D eigenvalue weighted by Crippen LogP contribution is -2.09. The molecule has 0 aliphatic heterocycles. The number of hydrogen-bond acceptors (Lipinski definition) is 5. The van der Waals surface area contributed by atoms with E-state index in [-0.39, 0.29) is 18.0 Å². The molecular weight excluding hydrogens is 252 g/mol. The van der Waals surface area contributed by atoms with Crippen molar-refractivity contribution in [2.75, 3.05) is 5.32 Å². The standard InChI is InChI=1S/C15H14N4O/c1-10(17)14-11(9-20)7-13(8-16)19-15(14)18-12-5-3-2-4-6-12/h2-7,17,20H,9H2,1H3,(H,18,19). The predicted molar refractivity (Wildman–Crippen MR) is 77.1 cm³/mol. The molecule has 0 bridgehead atoms. The molecule has 5 nitrogen and oxygen atoms in total. The molecular formula is C15H14N4O. The zero-order valence-corrected chi connectivity index (χ0v) is 11.0. The molecule has 0 saturated carbocycles. The Kier molecular flexibility index (Phi) is 4.08. The Morgan fingerprint density at radius 3 is 2.65 bits per heavy atom. The minimum Gasteiger partial charge on any atom is -0.392 e. The minimum atomic E-state index is -0.244. The number of aromatic nitrogens is 1. The molecule has 0 aliphatic rings. The maximum atomic E-state index is 9.42. The van der Waals surface area contributed by atoms with Gasteiger partial charge in [0.05, 0.1) is 6.61 Å². The van der Waals surface area contributed by atoms with E-state index >= 15 is 0 Å². The van der Waals surface area contributed by atoms with E-state index < -0.39 is 0 Å². The molecule has 3 N–H and O–H groups in total. The number of aliphatic hydroxyl groups excluding tert-OH is 1. The van der Waals surface area contributed by atoms with E-state index in [1.54, 1.807) is 6.92 Å². The van der Waals surface area contributed by atoms with Crippen molar-refractivity contribution < 1.29 is 5.11 Å². The van der Waals surface area contributed by atoms with Gasteiger partial charge in [0.25, 0.3) is 0 Å². The number of hydrogen-bond donors (Lipinski definition) is 3. The second-order valence-corrected chi connectivity index (χ2v) is 4.28. The molecule has 0 unspecified atom stereocenters. The van der Waals surface area contributed by atoms with Crippen LogP contribution in [0.4, 0.5) is 11.5 Å². The van der Waals surface area contributed by atoms with Gasteiger partial charge in [-0.15, -0.1) is 0 Å². The van der Waals surface area contributed by atoms with Gasteiger partial charge in [-0.2, -0.15) is 5.26 Å². The van der Waals surface area contributed by atoms with Crippen molar-refractivity contribution in [2.24, 2.45) is 0 Å². The van der Waals surface area contributed by atoms with Gasteiger partial charge in [0, 0.05) is 17.0 Å². The first-order valence-electron chi connectivity index (χ1n) is 6.08. The average molecular weight is 266 g/mol. The van der Waals surface area contributed by atoms with E-state index in [4.69, 9.17) is 10.7 Å². The highest BCUT2D eigenvalue weighted by Gasteiger charge is 2.14. The van der Waals surface area contributed by atoms with E-state index in [9.17, 15) is 5.11 Å².